The first-order valence-corrected chi connectivity index (χ1v) is 7.18. The van der Waals surface area contributed by atoms with Gasteiger partial charge in [0, 0.05) is 6.54 Å². The van der Waals surface area contributed by atoms with Crippen molar-refractivity contribution in [3.8, 4) is 0 Å². The van der Waals surface area contributed by atoms with E-state index >= 15 is 0 Å². The molecule has 98 valence electrons. The van der Waals surface area contributed by atoms with E-state index in [1.807, 2.05) is 6.08 Å². The maximum atomic E-state index is 3.79. The molecule has 0 spiro atoms. The predicted octanol–water partition coefficient (Wildman–Crippen LogP) is 3.99. The van der Waals surface area contributed by atoms with E-state index in [1.165, 1.54) is 56.3 Å². The van der Waals surface area contributed by atoms with E-state index < -0.39 is 0 Å². The average Bonchev–Trinajstić information content (AvgIpc) is 2.61. The van der Waals surface area contributed by atoms with Gasteiger partial charge in [-0.15, -0.1) is 0 Å². The molecule has 0 radical (unpaired) electrons. The molecule has 1 aromatic carbocycles. The van der Waals surface area contributed by atoms with Gasteiger partial charge in [-0.1, -0.05) is 43.3 Å². The predicted molar refractivity (Wildman–Crippen MR) is 79.7 cm³/mol. The number of nitrogens with zero attached hydrogens (tertiary/aromatic N) is 1. The molecule has 1 heteroatoms. The summed E-state index contributed by atoms with van der Waals surface area (Å²) in [5, 5.41) is 0. The van der Waals surface area contributed by atoms with E-state index in [9.17, 15) is 0 Å². The Morgan fingerprint density at radius 3 is 2.78 bits per heavy atom. The maximum Gasteiger partial charge on any atom is 0.000672 e. The minimum absolute atomic E-state index is 0.886. The third-order valence-corrected chi connectivity index (χ3v) is 4.03. The van der Waals surface area contributed by atoms with Crippen LogP contribution in [0.5, 0.6) is 0 Å². The van der Waals surface area contributed by atoms with E-state index in [2.05, 4.69) is 42.8 Å². The molecule has 1 atom stereocenters. The molecular formula is C17H25N. The fraction of sp³-hybridized carbons (Fsp3) is 0.529. The Morgan fingerprint density at radius 2 is 2.06 bits per heavy atom. The van der Waals surface area contributed by atoms with Crippen molar-refractivity contribution < 1.29 is 0 Å². The molecule has 1 nitrogen and oxygen atoms in total. The molecule has 0 aliphatic carbocycles. The molecule has 0 saturated carbocycles. The van der Waals surface area contributed by atoms with E-state index in [1.54, 1.807) is 0 Å². The quantitative estimate of drug-likeness (QED) is 0.772. The number of likely N-dealkylation sites (tertiary alicyclic amines) is 1. The fourth-order valence-electron chi connectivity index (χ4n) is 2.86. The summed E-state index contributed by atoms with van der Waals surface area (Å²) < 4.78 is 0. The molecule has 18 heavy (non-hydrogen) atoms. The van der Waals surface area contributed by atoms with Crippen LogP contribution in [0.4, 0.5) is 0 Å². The van der Waals surface area contributed by atoms with Crippen molar-refractivity contribution in [2.45, 2.75) is 32.1 Å². The highest BCUT2D eigenvalue weighted by Gasteiger charge is 2.15. The molecule has 2 rings (SSSR count). The molecule has 0 amide bonds. The van der Waals surface area contributed by atoms with Crippen molar-refractivity contribution in [2.24, 2.45) is 5.92 Å². The molecule has 1 aliphatic rings. The third kappa shape index (κ3) is 3.99. The van der Waals surface area contributed by atoms with Gasteiger partial charge in [0.1, 0.15) is 0 Å². The summed E-state index contributed by atoms with van der Waals surface area (Å²) in [6, 6.07) is 8.83. The lowest BCUT2D eigenvalue weighted by atomic mass is 9.95. The Labute approximate surface area is 112 Å². The first-order chi connectivity index (χ1) is 8.78. The van der Waals surface area contributed by atoms with Crippen LogP contribution < -0.4 is 0 Å². The van der Waals surface area contributed by atoms with Crippen LogP contribution in [-0.2, 0) is 6.42 Å². The van der Waals surface area contributed by atoms with Gasteiger partial charge in [0.2, 0.25) is 0 Å². The van der Waals surface area contributed by atoms with E-state index in [0.29, 0.717) is 0 Å². The van der Waals surface area contributed by atoms with Crippen LogP contribution in [0, 0.1) is 5.92 Å². The lowest BCUT2D eigenvalue weighted by molar-refractivity contribution is 0.290. The van der Waals surface area contributed by atoms with Crippen LogP contribution in [0.2, 0.25) is 0 Å². The van der Waals surface area contributed by atoms with Crippen LogP contribution in [-0.4, -0.2) is 25.0 Å². The Hall–Kier alpha value is -1.08. The van der Waals surface area contributed by atoms with Crippen LogP contribution in [0.1, 0.15) is 36.8 Å². The fourth-order valence-corrected chi connectivity index (χ4v) is 2.86. The van der Waals surface area contributed by atoms with Gasteiger partial charge < -0.3 is 4.90 Å². The van der Waals surface area contributed by atoms with Crippen LogP contribution >= 0.6 is 0 Å². The highest BCUT2D eigenvalue weighted by atomic mass is 15.1. The SMILES string of the molecule is C=Cc1ccc(CCC2CCCCN(C)C2)cc1. The lowest BCUT2D eigenvalue weighted by Gasteiger charge is -2.19. The van der Waals surface area contributed by atoms with Crippen molar-refractivity contribution in [3.05, 3.63) is 42.0 Å². The van der Waals surface area contributed by atoms with Gasteiger partial charge in [0.25, 0.3) is 0 Å². The summed E-state index contributed by atoms with van der Waals surface area (Å²) in [5.74, 6) is 0.886. The molecule has 1 unspecified atom stereocenters. The largest absolute Gasteiger partial charge is 0.306 e. The van der Waals surface area contributed by atoms with E-state index in [4.69, 9.17) is 0 Å². The summed E-state index contributed by atoms with van der Waals surface area (Å²) in [5.41, 5.74) is 2.68. The minimum atomic E-state index is 0.886. The van der Waals surface area contributed by atoms with Crippen molar-refractivity contribution in [3.63, 3.8) is 0 Å². The Bertz CT molecular complexity index is 366. The molecule has 0 aromatic heterocycles. The summed E-state index contributed by atoms with van der Waals surface area (Å²) in [6.45, 7) is 6.36. The van der Waals surface area contributed by atoms with Gasteiger partial charge in [0.05, 0.1) is 0 Å². The Balaban J connectivity index is 1.83. The smallest absolute Gasteiger partial charge is 0.000672 e. The molecule has 0 bridgehead atoms. The second-order valence-electron chi connectivity index (χ2n) is 5.61. The van der Waals surface area contributed by atoms with Gasteiger partial charge in [-0.25, -0.2) is 0 Å². The van der Waals surface area contributed by atoms with Crippen molar-refractivity contribution in [1.82, 2.24) is 4.90 Å². The maximum absolute atomic E-state index is 3.79. The lowest BCUT2D eigenvalue weighted by Crippen LogP contribution is -2.24. The average molecular weight is 243 g/mol. The van der Waals surface area contributed by atoms with E-state index in [-0.39, 0.29) is 0 Å². The summed E-state index contributed by atoms with van der Waals surface area (Å²) >= 11 is 0. The highest BCUT2D eigenvalue weighted by Crippen LogP contribution is 2.20. The molecule has 1 heterocycles. The Morgan fingerprint density at radius 1 is 1.28 bits per heavy atom. The van der Waals surface area contributed by atoms with Crippen molar-refractivity contribution in [1.29, 1.82) is 0 Å². The number of hydrogen-bond donors (Lipinski definition) is 0. The number of rotatable bonds is 4. The monoisotopic (exact) mass is 243 g/mol. The minimum Gasteiger partial charge on any atom is -0.306 e. The van der Waals surface area contributed by atoms with Crippen LogP contribution in [0.3, 0.4) is 0 Å². The van der Waals surface area contributed by atoms with Gasteiger partial charge in [-0.2, -0.15) is 0 Å². The zero-order valence-corrected chi connectivity index (χ0v) is 11.6. The summed E-state index contributed by atoms with van der Waals surface area (Å²) in [6.07, 6.45) is 8.65. The van der Waals surface area contributed by atoms with E-state index in [0.717, 1.165) is 5.92 Å². The second kappa shape index (κ2) is 6.75. The molecular weight excluding hydrogens is 218 g/mol. The van der Waals surface area contributed by atoms with Gasteiger partial charge >= 0.3 is 0 Å². The highest BCUT2D eigenvalue weighted by molar-refractivity contribution is 5.47. The summed E-state index contributed by atoms with van der Waals surface area (Å²) in [4.78, 5) is 2.50. The van der Waals surface area contributed by atoms with Crippen LogP contribution in [0.25, 0.3) is 6.08 Å². The summed E-state index contributed by atoms with van der Waals surface area (Å²) in [7, 11) is 2.26. The van der Waals surface area contributed by atoms with Gasteiger partial charge in [-0.3, -0.25) is 0 Å². The zero-order chi connectivity index (χ0) is 12.8. The molecule has 1 aliphatic heterocycles. The first kappa shape index (κ1) is 13.4. The number of hydrogen-bond acceptors (Lipinski definition) is 1. The Kier molecular flexibility index (Phi) is 5.00. The van der Waals surface area contributed by atoms with Crippen molar-refractivity contribution in [2.75, 3.05) is 20.1 Å². The first-order valence-electron chi connectivity index (χ1n) is 7.18. The molecule has 1 aromatic rings. The van der Waals surface area contributed by atoms with Gasteiger partial charge in [-0.05, 0) is 56.3 Å². The van der Waals surface area contributed by atoms with Gasteiger partial charge in [0.15, 0.2) is 0 Å². The van der Waals surface area contributed by atoms with Crippen molar-refractivity contribution >= 4 is 6.08 Å². The number of benzene rings is 1. The molecule has 1 saturated heterocycles. The standard InChI is InChI=1S/C17H25N/c1-3-15-7-9-16(10-8-15)11-12-17-6-4-5-13-18(2)14-17/h3,7-10,17H,1,4-6,11-14H2,2H3. The van der Waals surface area contributed by atoms with Crippen LogP contribution in [0.15, 0.2) is 30.8 Å². The number of aryl methyl sites for hydroxylation is 1. The molecule has 1 fully saturated rings. The third-order valence-electron chi connectivity index (χ3n) is 4.03. The topological polar surface area (TPSA) is 3.24 Å². The molecule has 0 N–H and O–H groups in total. The zero-order valence-electron chi connectivity index (χ0n) is 11.6. The normalized spacial score (nSPS) is 21.5. The second-order valence-corrected chi connectivity index (χ2v) is 5.61.